The van der Waals surface area contributed by atoms with Crippen molar-refractivity contribution in [1.29, 1.82) is 0 Å². The van der Waals surface area contributed by atoms with Crippen molar-refractivity contribution in [2.75, 3.05) is 42.7 Å². The van der Waals surface area contributed by atoms with E-state index in [0.717, 1.165) is 98.8 Å². The van der Waals surface area contributed by atoms with Crippen molar-refractivity contribution in [1.82, 2.24) is 15.1 Å². The van der Waals surface area contributed by atoms with Crippen molar-refractivity contribution >= 4 is 87.9 Å². The molecule has 0 radical (unpaired) electrons. The standard InChI is InChI=1S/C21H20ClF3N2O2.C21H23ClN2O2.C19H21ClN2O.CH2O3.CH4O.2K.H/c1-12(2)19(28)26-14-9-13-11-27(20(29)21(23,24)25)8-7-15(13)17(10-14)16-5-3-4-6-18(16)22;1-13(2)21(26)23-16-10-15-12-24(14(3)25)9-8-17(15)19(11-16)18-6-4-5-7-20(18)22;1-12(2)19(23)22-14-9-13-11-21-8-7-15(13)17(10-14)16-5-3-4-6-18(16)20;2-1-4-3;1-2;;;/h3-6,9-10,12H,7-8,11H2,1-2H3,(H,26,28);4-7,10-11,13H,8-9,12H2,1-3H3,(H,23,26);3-6,9-10,12,21H,7-8,11H2,1-2H3,(H,22,23);1,3H;2H,1H3;;;/q;;;;;2*+1;-1/p-1. The van der Waals surface area contributed by atoms with E-state index in [1.807, 2.05) is 111 Å². The molecule has 3 aliphatic rings. The van der Waals surface area contributed by atoms with Gasteiger partial charge in [0.25, 0.3) is 6.47 Å². The van der Waals surface area contributed by atoms with Crippen molar-refractivity contribution in [2.45, 2.75) is 93.5 Å². The molecule has 0 aliphatic carbocycles. The third-order valence-corrected chi connectivity index (χ3v) is 14.8. The van der Waals surface area contributed by atoms with Crippen molar-refractivity contribution in [3.63, 3.8) is 0 Å². The average Bonchev–Trinajstić information content (AvgIpc) is 1.29. The summed E-state index contributed by atoms with van der Waals surface area (Å²) < 4.78 is 38.6. The predicted molar refractivity (Wildman–Crippen MR) is 323 cm³/mol. The van der Waals surface area contributed by atoms with Crippen LogP contribution < -0.4 is 129 Å². The van der Waals surface area contributed by atoms with E-state index in [-0.39, 0.29) is 172 Å². The van der Waals surface area contributed by atoms with Gasteiger partial charge in [-0.05, 0) is 130 Å². The molecule has 0 unspecified atom stereocenters. The first kappa shape index (κ1) is 76.2. The molecule has 15 nitrogen and oxygen atoms in total. The summed E-state index contributed by atoms with van der Waals surface area (Å²) in [6, 6.07) is 34.2. The number of alkyl halides is 3. The van der Waals surface area contributed by atoms with Crippen LogP contribution in [0, 0.1) is 17.8 Å². The molecule has 450 valence electrons. The summed E-state index contributed by atoms with van der Waals surface area (Å²) in [5.41, 5.74) is 13.8. The van der Waals surface area contributed by atoms with Gasteiger partial charge < -0.3 is 47.7 Å². The van der Waals surface area contributed by atoms with Gasteiger partial charge in [-0.15, -0.1) is 0 Å². The number of aliphatic hydroxyl groups excluding tert-OH is 1. The van der Waals surface area contributed by atoms with Gasteiger partial charge in [-0.1, -0.05) is 131 Å². The van der Waals surface area contributed by atoms with Gasteiger partial charge in [-0.25, -0.2) is 0 Å². The van der Waals surface area contributed by atoms with Crippen molar-refractivity contribution < 1.29 is 161 Å². The number of anilines is 3. The predicted octanol–water partition coefficient (Wildman–Crippen LogP) is 5.97. The monoisotopic (exact) mass is 1290 g/mol. The van der Waals surface area contributed by atoms with Gasteiger partial charge in [0.05, 0.1) is 0 Å². The minimum Gasteiger partial charge on any atom is -1.00 e. The summed E-state index contributed by atoms with van der Waals surface area (Å²) in [7, 11) is 1.00. The second-order valence-electron chi connectivity index (χ2n) is 20.6. The number of benzene rings is 6. The Morgan fingerprint density at radius 1 is 0.581 bits per heavy atom. The summed E-state index contributed by atoms with van der Waals surface area (Å²) in [5, 5.41) is 29.5. The summed E-state index contributed by atoms with van der Waals surface area (Å²) in [6.07, 6.45) is -2.93. The number of halogens is 6. The van der Waals surface area contributed by atoms with Crippen LogP contribution in [0.15, 0.2) is 109 Å². The van der Waals surface area contributed by atoms with Crippen LogP contribution in [0.4, 0.5) is 30.2 Å². The molecule has 0 spiro atoms. The summed E-state index contributed by atoms with van der Waals surface area (Å²) in [4.78, 5) is 73.7. The van der Waals surface area contributed by atoms with E-state index in [9.17, 15) is 37.1 Å². The van der Waals surface area contributed by atoms with Gasteiger partial charge in [0.15, 0.2) is 0 Å². The molecule has 0 saturated heterocycles. The fourth-order valence-electron chi connectivity index (χ4n) is 9.48. The minimum absolute atomic E-state index is 0. The number of fused-ring (bicyclic) bond motifs is 3. The third kappa shape index (κ3) is 21.3. The van der Waals surface area contributed by atoms with Gasteiger partial charge in [0, 0.05) is 113 Å². The molecule has 3 heterocycles. The molecule has 23 heteroatoms. The maximum absolute atomic E-state index is 12.9. The molecule has 9 rings (SSSR count). The van der Waals surface area contributed by atoms with E-state index >= 15 is 0 Å². The number of rotatable bonds is 10. The van der Waals surface area contributed by atoms with Crippen LogP contribution in [0.1, 0.15) is 83.3 Å². The van der Waals surface area contributed by atoms with Crippen LogP contribution in [0.2, 0.25) is 15.1 Å². The number of aliphatic hydroxyl groups is 1. The fourth-order valence-corrected chi connectivity index (χ4v) is 10.2. The number of nitrogens with zero attached hydrogens (tertiary/aromatic N) is 2. The Hall–Kier alpha value is -4.05. The molecule has 6 aromatic rings. The smallest absolute Gasteiger partial charge is 1.00 e. The molecule has 0 aromatic heterocycles. The van der Waals surface area contributed by atoms with E-state index in [4.69, 9.17) is 50.0 Å². The first-order chi connectivity index (χ1) is 39.9. The molecule has 5 amide bonds. The number of hydrogen-bond acceptors (Lipinski definition) is 10. The van der Waals surface area contributed by atoms with Crippen LogP contribution in [0.25, 0.3) is 33.4 Å². The quantitative estimate of drug-likeness (QED) is 0.0470. The fraction of sp³-hybridized carbons (Fsp3) is 0.333. The number of hydrogen-bond donors (Lipinski definition) is 5. The summed E-state index contributed by atoms with van der Waals surface area (Å²) >= 11 is 19.2. The number of nitrogens with one attached hydrogen (secondary N) is 4. The normalized spacial score (nSPS) is 12.8. The summed E-state index contributed by atoms with van der Waals surface area (Å²) in [5.74, 6) is -2.44. The second kappa shape index (κ2) is 36.6. The molecule has 0 saturated carbocycles. The van der Waals surface area contributed by atoms with Gasteiger partial charge in [0.2, 0.25) is 23.6 Å². The van der Waals surface area contributed by atoms with E-state index in [1.165, 1.54) is 16.7 Å². The minimum atomic E-state index is -4.92. The molecule has 5 N–H and O–H groups in total. The van der Waals surface area contributed by atoms with Crippen molar-refractivity contribution in [3.8, 4) is 33.4 Å². The number of carbonyl (C=O) groups excluding carboxylic acids is 6. The molecular weight excluding hydrogens is 1230 g/mol. The van der Waals surface area contributed by atoms with Crippen LogP contribution in [-0.4, -0.2) is 83.8 Å². The Kier molecular flexibility index (Phi) is 32.4. The van der Waals surface area contributed by atoms with Crippen LogP contribution in [0.3, 0.4) is 0 Å². The SMILES string of the molecule is CC(=O)N1CCc2c(cc(NC(=O)C(C)C)cc2-c2ccccc2Cl)C1.CC(C)C(=O)Nc1cc2c(c(-c3ccccc3Cl)c1)CCN(C(=O)C(F)(F)F)C2.CC(C)C(=O)Nc1cc2c(c(-c3ccccc3Cl)c1)CCNC2.CO.O=CO[O-].[H-].[K+].[K+]. The zero-order valence-electron chi connectivity index (χ0n) is 50.9. The van der Waals surface area contributed by atoms with Crippen molar-refractivity contribution in [3.05, 3.63) is 158 Å². The molecule has 0 fully saturated rings. The van der Waals surface area contributed by atoms with E-state index in [2.05, 4.69) is 32.2 Å². The van der Waals surface area contributed by atoms with Crippen LogP contribution in [0.5, 0.6) is 0 Å². The van der Waals surface area contributed by atoms with E-state index < -0.39 is 12.1 Å². The maximum atomic E-state index is 12.9. The Morgan fingerprint density at radius 3 is 1.23 bits per heavy atom. The zero-order chi connectivity index (χ0) is 62.0. The van der Waals surface area contributed by atoms with Crippen LogP contribution in [-0.2, 0) is 72.6 Å². The van der Waals surface area contributed by atoms with Gasteiger partial charge >= 0.3 is 115 Å². The van der Waals surface area contributed by atoms with Gasteiger partial charge in [-0.3, -0.25) is 28.8 Å². The van der Waals surface area contributed by atoms with Gasteiger partial charge in [-0.2, -0.15) is 13.2 Å². The molecule has 0 bridgehead atoms. The average molecular weight is 1300 g/mol. The summed E-state index contributed by atoms with van der Waals surface area (Å²) in [6.45, 7) is 15.2. The Balaban J connectivity index is 0.000000420. The van der Waals surface area contributed by atoms with E-state index in [0.29, 0.717) is 34.4 Å². The van der Waals surface area contributed by atoms with Gasteiger partial charge in [0.1, 0.15) is 0 Å². The second-order valence-corrected chi connectivity index (χ2v) is 21.9. The third-order valence-electron chi connectivity index (χ3n) is 13.8. The molecule has 6 aromatic carbocycles. The first-order valence-electron chi connectivity index (χ1n) is 27.1. The molecule has 0 atom stereocenters. The zero-order valence-corrected chi connectivity index (χ0v) is 58.5. The largest absolute Gasteiger partial charge is 1.00 e. The first-order valence-corrected chi connectivity index (χ1v) is 28.2. The Bertz CT molecular complexity index is 3340. The number of amides is 5. The molecule has 86 heavy (non-hydrogen) atoms. The number of carbonyl (C=O) groups is 6. The van der Waals surface area contributed by atoms with E-state index in [1.54, 1.807) is 45.0 Å². The van der Waals surface area contributed by atoms with Crippen LogP contribution >= 0.6 is 34.8 Å². The molecular formula is C63H70Cl3F3K2N6O9. The van der Waals surface area contributed by atoms with Crippen molar-refractivity contribution in [2.24, 2.45) is 17.8 Å². The topological polar surface area (TPSA) is 210 Å². The Morgan fingerprint density at radius 2 is 0.907 bits per heavy atom. The maximum Gasteiger partial charge on any atom is 1.00 e. The molecule has 3 aliphatic heterocycles. The Labute approximate surface area is 602 Å².